The van der Waals surface area contributed by atoms with Crippen LogP contribution in [0.5, 0.6) is 11.5 Å². The Balaban J connectivity index is 1.59. The minimum atomic E-state index is 0.211. The van der Waals surface area contributed by atoms with E-state index in [1.807, 2.05) is 6.07 Å². The topological polar surface area (TPSA) is 50.8 Å². The fraction of sp³-hybridized carbons (Fsp3) is 0.500. The van der Waals surface area contributed by atoms with Crippen LogP contribution >= 0.6 is 0 Å². The number of hydrogen-bond donors (Lipinski definition) is 1. The number of hydrogen-bond acceptors (Lipinski definition) is 4. The third-order valence-corrected chi connectivity index (χ3v) is 6.37. The average Bonchev–Trinajstić information content (AvgIpc) is 3.11. The summed E-state index contributed by atoms with van der Waals surface area (Å²) in [5.74, 6) is 3.12. The molecule has 4 rings (SSSR count). The minimum absolute atomic E-state index is 0.211. The van der Waals surface area contributed by atoms with Crippen molar-refractivity contribution in [2.45, 2.75) is 31.8 Å². The average molecular weight is 368 g/mol. The van der Waals surface area contributed by atoms with Crippen LogP contribution in [0.15, 0.2) is 30.3 Å². The summed E-state index contributed by atoms with van der Waals surface area (Å²) in [6, 6.07) is 10.8. The van der Waals surface area contributed by atoms with Crippen LogP contribution in [-0.2, 0) is 11.3 Å². The molecule has 2 fully saturated rings. The van der Waals surface area contributed by atoms with Crippen molar-refractivity contribution in [1.82, 2.24) is 10.2 Å². The Morgan fingerprint density at radius 2 is 1.89 bits per heavy atom. The highest BCUT2D eigenvalue weighted by molar-refractivity contribution is 5.89. The molecule has 0 unspecified atom stereocenters. The summed E-state index contributed by atoms with van der Waals surface area (Å²) in [6.45, 7) is 1.65. The van der Waals surface area contributed by atoms with Gasteiger partial charge in [0.05, 0.1) is 14.2 Å². The van der Waals surface area contributed by atoms with E-state index in [0.717, 1.165) is 37.4 Å². The van der Waals surface area contributed by atoms with Crippen LogP contribution in [0, 0.1) is 11.8 Å². The Kier molecular flexibility index (Phi) is 4.96. The summed E-state index contributed by atoms with van der Waals surface area (Å²) in [5.41, 5.74) is 1.19. The van der Waals surface area contributed by atoms with Crippen molar-refractivity contribution < 1.29 is 14.3 Å². The molecule has 1 aliphatic carbocycles. The van der Waals surface area contributed by atoms with Crippen LogP contribution in [0.4, 0.5) is 0 Å². The van der Waals surface area contributed by atoms with Crippen molar-refractivity contribution in [1.29, 1.82) is 0 Å². The van der Waals surface area contributed by atoms with Crippen molar-refractivity contribution in [3.8, 4) is 11.5 Å². The molecule has 3 atom stereocenters. The zero-order valence-corrected chi connectivity index (χ0v) is 16.3. The van der Waals surface area contributed by atoms with Crippen molar-refractivity contribution in [2.75, 3.05) is 27.8 Å². The van der Waals surface area contributed by atoms with Crippen LogP contribution in [0.25, 0.3) is 10.8 Å². The van der Waals surface area contributed by atoms with Gasteiger partial charge in [0.25, 0.3) is 0 Å². The molecule has 2 aromatic rings. The molecule has 0 bridgehead atoms. The molecule has 5 heteroatoms. The third-order valence-electron chi connectivity index (χ3n) is 6.37. The van der Waals surface area contributed by atoms with Crippen LogP contribution in [-0.4, -0.2) is 44.7 Å². The van der Waals surface area contributed by atoms with Gasteiger partial charge in [-0.15, -0.1) is 0 Å². The molecular formula is C22H28N2O3. The molecule has 0 radical (unpaired) electrons. The summed E-state index contributed by atoms with van der Waals surface area (Å²) >= 11 is 0. The van der Waals surface area contributed by atoms with Gasteiger partial charge in [-0.25, -0.2) is 0 Å². The molecule has 2 aliphatic rings. The van der Waals surface area contributed by atoms with Crippen molar-refractivity contribution in [3.63, 3.8) is 0 Å². The normalized spacial score (nSPS) is 24.7. The van der Waals surface area contributed by atoms with Gasteiger partial charge in [0.15, 0.2) is 0 Å². The molecule has 1 amide bonds. The second kappa shape index (κ2) is 7.39. The van der Waals surface area contributed by atoms with Gasteiger partial charge in [-0.1, -0.05) is 12.1 Å². The van der Waals surface area contributed by atoms with E-state index in [1.54, 1.807) is 14.2 Å². The zero-order chi connectivity index (χ0) is 19.0. The summed E-state index contributed by atoms with van der Waals surface area (Å²) in [6.07, 6.45) is 2.94. The van der Waals surface area contributed by atoms with E-state index in [1.165, 1.54) is 16.3 Å². The molecule has 5 nitrogen and oxygen atoms in total. The molecular weight excluding hydrogens is 340 g/mol. The van der Waals surface area contributed by atoms with E-state index in [-0.39, 0.29) is 5.91 Å². The van der Waals surface area contributed by atoms with Crippen LogP contribution in [0.1, 0.15) is 24.8 Å². The lowest BCUT2D eigenvalue weighted by atomic mass is 9.89. The molecule has 1 N–H and O–H groups in total. The van der Waals surface area contributed by atoms with Crippen molar-refractivity contribution in [2.24, 2.45) is 11.8 Å². The second-order valence-electron chi connectivity index (χ2n) is 7.90. The number of piperidine rings is 1. The SMILES string of the molecule is COc1ccc2ccc(OC)c(CN(C)[C@H]3C[C@H]4CNC(=O)C[C@H]4C3)c2c1. The zero-order valence-electron chi connectivity index (χ0n) is 16.3. The Morgan fingerprint density at radius 3 is 2.67 bits per heavy atom. The first-order valence-electron chi connectivity index (χ1n) is 9.69. The number of ether oxygens (including phenoxy) is 2. The molecule has 2 aromatic carbocycles. The number of rotatable bonds is 5. The van der Waals surface area contributed by atoms with Crippen LogP contribution < -0.4 is 14.8 Å². The Labute approximate surface area is 160 Å². The van der Waals surface area contributed by atoms with E-state index in [2.05, 4.69) is 41.5 Å². The van der Waals surface area contributed by atoms with E-state index < -0.39 is 0 Å². The quantitative estimate of drug-likeness (QED) is 0.881. The predicted molar refractivity (Wildman–Crippen MR) is 106 cm³/mol. The second-order valence-corrected chi connectivity index (χ2v) is 7.90. The van der Waals surface area contributed by atoms with E-state index in [9.17, 15) is 4.79 Å². The summed E-state index contributed by atoms with van der Waals surface area (Å²) in [7, 11) is 5.62. The number of amides is 1. The third kappa shape index (κ3) is 3.48. The lowest BCUT2D eigenvalue weighted by molar-refractivity contribution is -0.124. The van der Waals surface area contributed by atoms with Crippen LogP contribution in [0.3, 0.4) is 0 Å². The standard InChI is InChI=1S/C22H28N2O3/c1-24(17-8-15-10-22(25)23-12-16(15)9-17)13-20-19-11-18(26-2)6-4-14(19)5-7-21(20)27-3/h4-7,11,15-17H,8-10,12-13H2,1-3H3,(H,23,25)/t15-,16+,17-/m1/s1. The monoisotopic (exact) mass is 368 g/mol. The maximum atomic E-state index is 11.7. The lowest BCUT2D eigenvalue weighted by Gasteiger charge is -2.26. The number of nitrogens with zero attached hydrogens (tertiary/aromatic N) is 1. The minimum Gasteiger partial charge on any atom is -0.497 e. The number of carbonyl (C=O) groups excluding carboxylic acids is 1. The van der Waals surface area contributed by atoms with Crippen molar-refractivity contribution in [3.05, 3.63) is 35.9 Å². The first-order valence-corrected chi connectivity index (χ1v) is 9.69. The molecule has 27 heavy (non-hydrogen) atoms. The number of methoxy groups -OCH3 is 2. The maximum absolute atomic E-state index is 11.7. The fourth-order valence-corrected chi connectivity index (χ4v) is 4.80. The Morgan fingerprint density at radius 1 is 1.11 bits per heavy atom. The van der Waals surface area contributed by atoms with E-state index >= 15 is 0 Å². The summed E-state index contributed by atoms with van der Waals surface area (Å²) < 4.78 is 11.1. The first kappa shape index (κ1) is 18.1. The largest absolute Gasteiger partial charge is 0.497 e. The number of carbonyl (C=O) groups is 1. The van der Waals surface area contributed by atoms with Crippen LogP contribution in [0.2, 0.25) is 0 Å². The van der Waals surface area contributed by atoms with Gasteiger partial charge in [0, 0.05) is 31.1 Å². The van der Waals surface area contributed by atoms with Gasteiger partial charge in [0.2, 0.25) is 5.91 Å². The molecule has 144 valence electrons. The van der Waals surface area contributed by atoms with E-state index in [4.69, 9.17) is 9.47 Å². The van der Waals surface area contributed by atoms with E-state index in [0.29, 0.717) is 24.3 Å². The summed E-state index contributed by atoms with van der Waals surface area (Å²) in [5, 5.41) is 5.39. The molecule has 1 saturated carbocycles. The van der Waals surface area contributed by atoms with Gasteiger partial charge in [0.1, 0.15) is 11.5 Å². The molecule has 0 aromatic heterocycles. The predicted octanol–water partition coefficient (Wildman–Crippen LogP) is 3.20. The van der Waals surface area contributed by atoms with Gasteiger partial charge < -0.3 is 14.8 Å². The van der Waals surface area contributed by atoms with Gasteiger partial charge >= 0.3 is 0 Å². The van der Waals surface area contributed by atoms with Crippen molar-refractivity contribution >= 4 is 16.7 Å². The fourth-order valence-electron chi connectivity index (χ4n) is 4.80. The number of fused-ring (bicyclic) bond motifs is 2. The maximum Gasteiger partial charge on any atom is 0.220 e. The first-order chi connectivity index (χ1) is 13.1. The van der Waals surface area contributed by atoms with Gasteiger partial charge in [-0.2, -0.15) is 0 Å². The Hall–Kier alpha value is -2.27. The molecule has 1 aliphatic heterocycles. The molecule has 1 heterocycles. The molecule has 0 spiro atoms. The van der Waals surface area contributed by atoms with Gasteiger partial charge in [-0.05, 0) is 60.7 Å². The highest BCUT2D eigenvalue weighted by Gasteiger charge is 2.39. The summed E-state index contributed by atoms with van der Waals surface area (Å²) in [4.78, 5) is 14.1. The van der Waals surface area contributed by atoms with Gasteiger partial charge in [-0.3, -0.25) is 9.69 Å². The highest BCUT2D eigenvalue weighted by Crippen LogP contribution is 2.39. The molecule has 1 saturated heterocycles. The highest BCUT2D eigenvalue weighted by atomic mass is 16.5. The number of nitrogens with one attached hydrogen (secondary N) is 1. The number of benzene rings is 2. The Bertz CT molecular complexity index is 846. The smallest absolute Gasteiger partial charge is 0.220 e. The lowest BCUT2D eigenvalue weighted by Crippen LogP contribution is -2.38.